The number of rotatable bonds is 0. The SMILES string of the molecule is CN.[Cl-].[Na+].[Na+].[OH-]. The molecule has 0 aliphatic heterocycles. The van der Waals surface area contributed by atoms with E-state index in [1.165, 1.54) is 7.05 Å². The molecule has 6 heavy (non-hydrogen) atoms. The van der Waals surface area contributed by atoms with Crippen LogP contribution in [0.15, 0.2) is 0 Å². The van der Waals surface area contributed by atoms with Crippen LogP contribution in [0.4, 0.5) is 0 Å². The molecule has 30 valence electrons. The van der Waals surface area contributed by atoms with Gasteiger partial charge in [-0.3, -0.25) is 0 Å². The molecule has 0 heterocycles. The molecule has 0 fully saturated rings. The van der Waals surface area contributed by atoms with E-state index in [4.69, 9.17) is 0 Å². The molecular weight excluding hydrogens is 123 g/mol. The predicted molar refractivity (Wildman–Crippen MR) is 12.0 cm³/mol. The molecular formula is CH6ClNNa2O. The van der Waals surface area contributed by atoms with E-state index in [9.17, 15) is 0 Å². The zero-order valence-corrected chi connectivity index (χ0v) is 9.16. The minimum atomic E-state index is 0. The first-order valence-electron chi connectivity index (χ1n) is 0.577. The Bertz CT molecular complexity index is 13.5. The zero-order chi connectivity index (χ0) is 2.00. The van der Waals surface area contributed by atoms with Crippen LogP contribution in [0.1, 0.15) is 0 Å². The minimum Gasteiger partial charge on any atom is -1.00 e. The molecule has 5 heteroatoms. The largest absolute Gasteiger partial charge is 1.00 e. The third-order valence-corrected chi connectivity index (χ3v) is 0. The van der Waals surface area contributed by atoms with E-state index in [1.807, 2.05) is 0 Å². The van der Waals surface area contributed by atoms with Gasteiger partial charge in [0.15, 0.2) is 0 Å². The quantitative estimate of drug-likeness (QED) is 0.330. The summed E-state index contributed by atoms with van der Waals surface area (Å²) in [4.78, 5) is 0. The first-order valence-corrected chi connectivity index (χ1v) is 0.577. The van der Waals surface area contributed by atoms with Crippen LogP contribution in [0.2, 0.25) is 0 Å². The second-order valence-corrected chi connectivity index (χ2v) is 0. The van der Waals surface area contributed by atoms with Crippen molar-refractivity contribution in [1.29, 1.82) is 0 Å². The molecule has 0 radical (unpaired) electrons. The predicted octanol–water partition coefficient (Wildman–Crippen LogP) is -9.59. The smallest absolute Gasteiger partial charge is 1.00 e. The molecule has 0 saturated carbocycles. The maximum Gasteiger partial charge on any atom is 1.00 e. The molecule has 0 rings (SSSR count). The summed E-state index contributed by atoms with van der Waals surface area (Å²) in [5.74, 6) is 0. The molecule has 0 aromatic heterocycles. The number of hydrogen-bond donors (Lipinski definition) is 1. The maximum absolute atomic E-state index is 4.50. The Hall–Kier alpha value is 2.21. The summed E-state index contributed by atoms with van der Waals surface area (Å²) in [7, 11) is 1.50. The Morgan fingerprint density at radius 1 is 1.00 bits per heavy atom. The molecule has 0 atom stereocenters. The summed E-state index contributed by atoms with van der Waals surface area (Å²) in [5, 5.41) is 0. The van der Waals surface area contributed by atoms with Gasteiger partial charge in [0, 0.05) is 0 Å². The average Bonchev–Trinajstić information content (AvgIpc) is 1.00. The van der Waals surface area contributed by atoms with Crippen LogP contribution in [-0.4, -0.2) is 12.5 Å². The summed E-state index contributed by atoms with van der Waals surface area (Å²) < 4.78 is 0. The molecule has 3 N–H and O–H groups in total. The molecule has 0 spiro atoms. The van der Waals surface area contributed by atoms with Gasteiger partial charge in [-0.1, -0.05) is 0 Å². The van der Waals surface area contributed by atoms with Gasteiger partial charge < -0.3 is 23.6 Å². The minimum absolute atomic E-state index is 0. The average molecular weight is 129 g/mol. The normalized spacial score (nSPS) is 1.00. The Balaban J connectivity index is -0.000000000833. The van der Waals surface area contributed by atoms with Crippen molar-refractivity contribution in [2.75, 3.05) is 7.05 Å². The van der Waals surface area contributed by atoms with Crippen molar-refractivity contribution in [3.8, 4) is 0 Å². The molecule has 0 saturated heterocycles. The van der Waals surface area contributed by atoms with Gasteiger partial charge in [0.05, 0.1) is 0 Å². The van der Waals surface area contributed by atoms with Crippen LogP contribution in [0.25, 0.3) is 0 Å². The number of nitrogens with two attached hydrogens (primary N) is 1. The Kier molecular flexibility index (Phi) is 393. The fourth-order valence-corrected chi connectivity index (χ4v) is 0. The van der Waals surface area contributed by atoms with Gasteiger partial charge in [-0.05, 0) is 7.05 Å². The molecule has 0 bridgehead atoms. The van der Waals surface area contributed by atoms with Crippen molar-refractivity contribution in [2.24, 2.45) is 5.73 Å². The van der Waals surface area contributed by atoms with Crippen molar-refractivity contribution in [1.82, 2.24) is 0 Å². The number of hydrogen-bond acceptors (Lipinski definition) is 2. The van der Waals surface area contributed by atoms with E-state index in [2.05, 4.69) is 5.73 Å². The van der Waals surface area contributed by atoms with Gasteiger partial charge in [-0.25, -0.2) is 0 Å². The zero-order valence-electron chi connectivity index (χ0n) is 4.40. The molecule has 0 amide bonds. The van der Waals surface area contributed by atoms with Crippen LogP contribution in [0, 0.1) is 0 Å². The Labute approximate surface area is 88.5 Å². The second kappa shape index (κ2) is 56.9. The fraction of sp³-hybridized carbons (Fsp3) is 1.00. The third kappa shape index (κ3) is 34.5. The van der Waals surface area contributed by atoms with E-state index < -0.39 is 0 Å². The van der Waals surface area contributed by atoms with Gasteiger partial charge in [0.1, 0.15) is 0 Å². The number of halogens is 1. The van der Waals surface area contributed by atoms with Crippen LogP contribution in [0.3, 0.4) is 0 Å². The molecule has 0 aromatic carbocycles. The van der Waals surface area contributed by atoms with Crippen molar-refractivity contribution in [3.05, 3.63) is 0 Å². The topological polar surface area (TPSA) is 56.0 Å². The molecule has 0 aliphatic carbocycles. The third-order valence-electron chi connectivity index (χ3n) is 0. The maximum atomic E-state index is 4.50. The summed E-state index contributed by atoms with van der Waals surface area (Å²) in [5.41, 5.74) is 4.50. The van der Waals surface area contributed by atoms with E-state index in [1.54, 1.807) is 0 Å². The van der Waals surface area contributed by atoms with Gasteiger partial charge in [-0.15, -0.1) is 0 Å². The van der Waals surface area contributed by atoms with Crippen LogP contribution < -0.4 is 77.3 Å². The molecule has 0 unspecified atom stereocenters. The van der Waals surface area contributed by atoms with E-state index in [0.29, 0.717) is 0 Å². The standard InChI is InChI=1S/CH5N.ClH.2Na.H2O/c1-2;;;;/h2H2,1H3;1H;;;1H2/q;;2*+1;/p-2. The van der Waals surface area contributed by atoms with Crippen LogP contribution in [0.5, 0.6) is 0 Å². The summed E-state index contributed by atoms with van der Waals surface area (Å²) in [6.45, 7) is 0. The van der Waals surface area contributed by atoms with E-state index >= 15 is 0 Å². The summed E-state index contributed by atoms with van der Waals surface area (Å²) in [6.07, 6.45) is 0. The van der Waals surface area contributed by atoms with Crippen molar-refractivity contribution in [2.45, 2.75) is 0 Å². The fourth-order valence-electron chi connectivity index (χ4n) is 0. The monoisotopic (exact) mass is 129 g/mol. The van der Waals surface area contributed by atoms with Gasteiger partial charge in [0.25, 0.3) is 0 Å². The van der Waals surface area contributed by atoms with Crippen LogP contribution >= 0.6 is 0 Å². The Morgan fingerprint density at radius 2 is 1.00 bits per heavy atom. The van der Waals surface area contributed by atoms with E-state index in [-0.39, 0.29) is 77.0 Å². The first-order chi connectivity index (χ1) is 1.00. The molecule has 0 aliphatic rings. The summed E-state index contributed by atoms with van der Waals surface area (Å²) in [6, 6.07) is 0. The molecule has 2 nitrogen and oxygen atoms in total. The second-order valence-electron chi connectivity index (χ2n) is 0. The van der Waals surface area contributed by atoms with Crippen molar-refractivity contribution >= 4 is 0 Å². The molecule has 0 aromatic rings. The van der Waals surface area contributed by atoms with Gasteiger partial charge in [-0.2, -0.15) is 0 Å². The van der Waals surface area contributed by atoms with Gasteiger partial charge >= 0.3 is 59.1 Å². The first kappa shape index (κ1) is 41.4. The van der Waals surface area contributed by atoms with Crippen LogP contribution in [-0.2, 0) is 0 Å². The van der Waals surface area contributed by atoms with Crippen molar-refractivity contribution < 1.29 is 77.0 Å². The summed E-state index contributed by atoms with van der Waals surface area (Å²) >= 11 is 0. The van der Waals surface area contributed by atoms with Gasteiger partial charge in [0.2, 0.25) is 0 Å². The van der Waals surface area contributed by atoms with E-state index in [0.717, 1.165) is 0 Å². The van der Waals surface area contributed by atoms with Crippen molar-refractivity contribution in [3.63, 3.8) is 0 Å². The Morgan fingerprint density at radius 3 is 1.00 bits per heavy atom.